The van der Waals surface area contributed by atoms with Crippen LogP contribution >= 0.6 is 0 Å². The fourth-order valence-electron chi connectivity index (χ4n) is 3.10. The Bertz CT molecular complexity index is 916. The van der Waals surface area contributed by atoms with E-state index in [1.54, 1.807) is 6.92 Å². The molecule has 0 atom stereocenters. The fraction of sp³-hybridized carbons (Fsp3) is 0.111. The largest absolute Gasteiger partial charge is 0.450 e. The monoisotopic (exact) mass is 439 g/mol. The van der Waals surface area contributed by atoms with E-state index in [9.17, 15) is 0 Å². The van der Waals surface area contributed by atoms with E-state index in [0.717, 1.165) is 0 Å². The van der Waals surface area contributed by atoms with E-state index in [2.05, 4.69) is 10.2 Å². The smallest absolute Gasteiger partial charge is 0.320 e. The Morgan fingerprint density at radius 2 is 0.688 bits per heavy atom. The molecule has 159 valence electrons. The Morgan fingerprint density at radius 3 is 0.969 bits per heavy atom. The molecule has 0 saturated heterocycles. The van der Waals surface area contributed by atoms with E-state index >= 15 is 0 Å². The van der Waals surface area contributed by atoms with Crippen LogP contribution in [0.25, 0.3) is 0 Å². The lowest BCUT2D eigenvalue weighted by molar-refractivity contribution is -0.252. The summed E-state index contributed by atoms with van der Waals surface area (Å²) >= 11 is 0. The third kappa shape index (κ3) is 5.13. The molecule has 5 heteroatoms. The van der Waals surface area contributed by atoms with Crippen LogP contribution in [0.5, 0.6) is 23.0 Å². The maximum atomic E-state index is 6.39. The van der Waals surface area contributed by atoms with Crippen molar-refractivity contribution in [1.29, 1.82) is 0 Å². The number of ether oxygens (including phenoxy) is 4. The SMILES string of the molecule is CC(Oc1ccccc1)(Oc1ccccc1)C([Si])(Oc1ccccc1)Oc1ccccc1. The van der Waals surface area contributed by atoms with E-state index in [4.69, 9.17) is 18.9 Å². The molecule has 4 nitrogen and oxygen atoms in total. The normalized spacial score (nSPS) is 11.4. The first-order valence-corrected chi connectivity index (χ1v) is 10.8. The molecule has 4 aromatic carbocycles. The van der Waals surface area contributed by atoms with Gasteiger partial charge in [-0.1, -0.05) is 72.8 Å². The molecular formula is C27H23O4Si. The maximum Gasteiger partial charge on any atom is 0.320 e. The van der Waals surface area contributed by atoms with Crippen molar-refractivity contribution in [2.24, 2.45) is 0 Å². The van der Waals surface area contributed by atoms with Gasteiger partial charge in [0.25, 0.3) is 5.41 Å². The van der Waals surface area contributed by atoms with Crippen molar-refractivity contribution in [1.82, 2.24) is 0 Å². The van der Waals surface area contributed by atoms with E-state index < -0.39 is 11.2 Å². The molecule has 0 unspecified atom stereocenters. The third-order valence-corrected chi connectivity index (χ3v) is 5.38. The molecule has 0 aliphatic heterocycles. The molecule has 0 aliphatic rings. The molecular weight excluding hydrogens is 416 g/mol. The minimum Gasteiger partial charge on any atom is -0.450 e. The second-order valence-electron chi connectivity index (χ2n) is 7.22. The second-order valence-corrected chi connectivity index (χ2v) is 7.88. The van der Waals surface area contributed by atoms with Crippen LogP contribution in [-0.2, 0) is 0 Å². The fourth-order valence-corrected chi connectivity index (χ4v) is 3.44. The highest BCUT2D eigenvalue weighted by Gasteiger charge is 2.55. The van der Waals surface area contributed by atoms with Crippen LogP contribution in [0.3, 0.4) is 0 Å². The van der Waals surface area contributed by atoms with E-state index in [0.29, 0.717) is 23.0 Å². The van der Waals surface area contributed by atoms with Crippen molar-refractivity contribution < 1.29 is 18.9 Å². The summed E-state index contributed by atoms with van der Waals surface area (Å²) in [4.78, 5) is 0. The van der Waals surface area contributed by atoms with Crippen LogP contribution < -0.4 is 18.9 Å². The topological polar surface area (TPSA) is 36.9 Å². The van der Waals surface area contributed by atoms with Gasteiger partial charge in [-0.3, -0.25) is 0 Å². The maximum absolute atomic E-state index is 6.39. The zero-order valence-electron chi connectivity index (χ0n) is 17.7. The van der Waals surface area contributed by atoms with Gasteiger partial charge in [-0.25, -0.2) is 0 Å². The van der Waals surface area contributed by atoms with Crippen LogP contribution in [-0.4, -0.2) is 21.4 Å². The van der Waals surface area contributed by atoms with Crippen molar-refractivity contribution in [2.75, 3.05) is 0 Å². The first kappa shape index (κ1) is 21.5. The molecule has 4 rings (SSSR count). The summed E-state index contributed by atoms with van der Waals surface area (Å²) in [5, 5.41) is 0. The second kappa shape index (κ2) is 9.62. The molecule has 0 N–H and O–H groups in total. The zero-order chi connectivity index (χ0) is 22.3. The average molecular weight is 440 g/mol. The number of para-hydroxylation sites is 4. The standard InChI is InChI=1S/C27H23O4Si/c1-26(28-22-14-6-2-7-15-22,29-23-16-8-3-9-17-23)27(32,30-24-18-10-4-11-19-24)31-25-20-12-5-13-21-25/h2-21H,1H3. The molecule has 0 aromatic heterocycles. The van der Waals surface area contributed by atoms with Crippen molar-refractivity contribution in [3.63, 3.8) is 0 Å². The van der Waals surface area contributed by atoms with Gasteiger partial charge in [0.15, 0.2) is 10.2 Å². The molecule has 4 aromatic rings. The summed E-state index contributed by atoms with van der Waals surface area (Å²) in [6.45, 7) is 1.77. The summed E-state index contributed by atoms with van der Waals surface area (Å²) in [6.07, 6.45) is 0. The summed E-state index contributed by atoms with van der Waals surface area (Å²) in [5.41, 5.74) is -1.57. The molecule has 0 bridgehead atoms. The molecule has 32 heavy (non-hydrogen) atoms. The molecule has 0 fully saturated rings. The number of hydrogen-bond acceptors (Lipinski definition) is 4. The quantitative estimate of drug-likeness (QED) is 0.242. The predicted octanol–water partition coefficient (Wildman–Crippen LogP) is 5.84. The van der Waals surface area contributed by atoms with Crippen molar-refractivity contribution in [3.8, 4) is 23.0 Å². The van der Waals surface area contributed by atoms with Gasteiger partial charge in [-0.15, -0.1) is 0 Å². The Hall–Kier alpha value is -3.70. The van der Waals surface area contributed by atoms with E-state index in [1.165, 1.54) is 0 Å². The first-order valence-electron chi connectivity index (χ1n) is 10.3. The first-order chi connectivity index (χ1) is 15.6. The number of rotatable bonds is 9. The van der Waals surface area contributed by atoms with Crippen molar-refractivity contribution in [2.45, 2.75) is 18.1 Å². The Balaban J connectivity index is 1.78. The molecule has 0 aliphatic carbocycles. The minimum absolute atomic E-state index is 0.581. The average Bonchev–Trinajstić information content (AvgIpc) is 2.81. The van der Waals surface area contributed by atoms with Gasteiger partial charge in [-0.05, 0) is 48.5 Å². The summed E-state index contributed by atoms with van der Waals surface area (Å²) in [5.74, 6) is 0.901. The highest BCUT2D eigenvalue weighted by molar-refractivity contribution is 6.14. The predicted molar refractivity (Wildman–Crippen MR) is 125 cm³/mol. The lowest BCUT2D eigenvalue weighted by Gasteiger charge is -2.44. The number of hydrogen-bond donors (Lipinski definition) is 0. The third-order valence-electron chi connectivity index (χ3n) is 4.72. The molecule has 0 heterocycles. The summed E-state index contributed by atoms with van der Waals surface area (Å²) in [7, 11) is 3.77. The van der Waals surface area contributed by atoms with Crippen molar-refractivity contribution in [3.05, 3.63) is 121 Å². The van der Waals surface area contributed by atoms with Crippen LogP contribution in [0.1, 0.15) is 6.92 Å². The van der Waals surface area contributed by atoms with Gasteiger partial charge >= 0.3 is 5.79 Å². The van der Waals surface area contributed by atoms with Gasteiger partial charge in [0.1, 0.15) is 23.0 Å². The Morgan fingerprint density at radius 1 is 0.438 bits per heavy atom. The van der Waals surface area contributed by atoms with Gasteiger partial charge < -0.3 is 18.9 Å². The highest BCUT2D eigenvalue weighted by Crippen LogP contribution is 2.35. The van der Waals surface area contributed by atoms with Gasteiger partial charge in [0, 0.05) is 6.92 Å². The zero-order valence-corrected chi connectivity index (χ0v) is 18.7. The molecule has 0 saturated carbocycles. The van der Waals surface area contributed by atoms with Gasteiger partial charge in [0.05, 0.1) is 0 Å². The lowest BCUT2D eigenvalue weighted by atomic mass is 10.2. The molecule has 0 amide bonds. The summed E-state index contributed by atoms with van der Waals surface area (Å²) in [6, 6.07) is 37.6. The number of benzene rings is 4. The van der Waals surface area contributed by atoms with Crippen LogP contribution in [0.15, 0.2) is 121 Å². The van der Waals surface area contributed by atoms with Gasteiger partial charge in [0.2, 0.25) is 0 Å². The van der Waals surface area contributed by atoms with Crippen molar-refractivity contribution >= 4 is 10.2 Å². The van der Waals surface area contributed by atoms with Crippen LogP contribution in [0.2, 0.25) is 0 Å². The summed E-state index contributed by atoms with van der Waals surface area (Å²) < 4.78 is 25.5. The van der Waals surface area contributed by atoms with Gasteiger partial charge in [-0.2, -0.15) is 0 Å². The van der Waals surface area contributed by atoms with E-state index in [1.807, 2.05) is 121 Å². The Kier molecular flexibility index (Phi) is 6.47. The Labute approximate surface area is 191 Å². The van der Waals surface area contributed by atoms with E-state index in [-0.39, 0.29) is 0 Å². The van der Waals surface area contributed by atoms with Crippen LogP contribution in [0, 0.1) is 0 Å². The lowest BCUT2D eigenvalue weighted by Crippen LogP contribution is -2.67. The van der Waals surface area contributed by atoms with Crippen LogP contribution in [0.4, 0.5) is 0 Å². The minimum atomic E-state index is -1.57. The molecule has 0 spiro atoms. The molecule has 3 radical (unpaired) electrons. The highest BCUT2D eigenvalue weighted by atomic mass is 28.1.